The van der Waals surface area contributed by atoms with Crippen molar-refractivity contribution in [2.75, 3.05) is 13.2 Å². The Morgan fingerprint density at radius 1 is 1.29 bits per heavy atom. The van der Waals surface area contributed by atoms with E-state index in [0.29, 0.717) is 13.2 Å². The number of hydrogen-bond acceptors (Lipinski definition) is 2. The van der Waals surface area contributed by atoms with Crippen LogP contribution in [-0.4, -0.2) is 13.2 Å². The van der Waals surface area contributed by atoms with E-state index in [2.05, 4.69) is 38.1 Å². The fraction of sp³-hybridized carbons (Fsp3) is 0.500. The van der Waals surface area contributed by atoms with Crippen LogP contribution in [0.5, 0.6) is 0 Å². The molecule has 0 unspecified atom stereocenters. The van der Waals surface area contributed by atoms with Crippen LogP contribution in [-0.2, 0) is 4.74 Å². The van der Waals surface area contributed by atoms with Crippen LogP contribution in [0.15, 0.2) is 24.3 Å². The topological polar surface area (TPSA) is 35.2 Å². The molecule has 0 saturated carbocycles. The maximum atomic E-state index is 5.64. The summed E-state index contributed by atoms with van der Waals surface area (Å²) in [5.41, 5.74) is 7.93. The molecule has 0 saturated heterocycles. The summed E-state index contributed by atoms with van der Waals surface area (Å²) in [5, 5.41) is 0. The molecule has 1 aromatic carbocycles. The Labute approximate surface area is 86.1 Å². The summed E-state index contributed by atoms with van der Waals surface area (Å²) in [5.74, 6) is 0. The minimum atomic E-state index is 0.194. The average molecular weight is 193 g/mol. The van der Waals surface area contributed by atoms with Crippen molar-refractivity contribution >= 4 is 0 Å². The molecule has 0 aromatic heterocycles. The van der Waals surface area contributed by atoms with Crippen LogP contribution in [0.2, 0.25) is 0 Å². The molecule has 0 heterocycles. The number of rotatable bonds is 5. The van der Waals surface area contributed by atoms with E-state index in [1.54, 1.807) is 0 Å². The van der Waals surface area contributed by atoms with Crippen LogP contribution in [0.1, 0.15) is 30.6 Å². The molecule has 0 aliphatic carbocycles. The predicted octanol–water partition coefficient (Wildman–Crippen LogP) is 2.42. The summed E-state index contributed by atoms with van der Waals surface area (Å²) in [7, 11) is 0. The quantitative estimate of drug-likeness (QED) is 0.779. The lowest BCUT2D eigenvalue weighted by Gasteiger charge is -2.16. The molecule has 0 amide bonds. The van der Waals surface area contributed by atoms with Crippen LogP contribution < -0.4 is 5.73 Å². The first-order valence-corrected chi connectivity index (χ1v) is 5.16. The van der Waals surface area contributed by atoms with Gasteiger partial charge in [-0.2, -0.15) is 0 Å². The molecule has 1 aromatic rings. The first kappa shape index (κ1) is 11.2. The van der Waals surface area contributed by atoms with Crippen LogP contribution >= 0.6 is 0 Å². The smallest absolute Gasteiger partial charge is 0.0822 e. The van der Waals surface area contributed by atoms with Gasteiger partial charge in [0.05, 0.1) is 12.7 Å². The highest BCUT2D eigenvalue weighted by atomic mass is 16.5. The lowest BCUT2D eigenvalue weighted by Crippen LogP contribution is -2.12. The number of ether oxygens (including phenoxy) is 1. The van der Waals surface area contributed by atoms with Crippen LogP contribution in [0.3, 0.4) is 0 Å². The fourth-order valence-corrected chi connectivity index (χ4v) is 1.44. The van der Waals surface area contributed by atoms with Gasteiger partial charge in [-0.3, -0.25) is 0 Å². The number of hydrogen-bond donors (Lipinski definition) is 1. The highest BCUT2D eigenvalue weighted by Gasteiger charge is 2.08. The predicted molar refractivity (Wildman–Crippen MR) is 59.2 cm³/mol. The summed E-state index contributed by atoms with van der Waals surface area (Å²) >= 11 is 0. The highest BCUT2D eigenvalue weighted by Crippen LogP contribution is 2.20. The number of benzene rings is 1. The third kappa shape index (κ3) is 3.13. The third-order valence-corrected chi connectivity index (χ3v) is 2.26. The summed E-state index contributed by atoms with van der Waals surface area (Å²) in [4.78, 5) is 0. The molecule has 0 radical (unpaired) electrons. The maximum absolute atomic E-state index is 5.64. The second-order valence-electron chi connectivity index (χ2n) is 3.47. The van der Waals surface area contributed by atoms with Crippen molar-refractivity contribution in [3.63, 3.8) is 0 Å². The Balaban J connectivity index is 2.64. The summed E-state index contributed by atoms with van der Waals surface area (Å²) < 4.78 is 5.64. The fourth-order valence-electron chi connectivity index (χ4n) is 1.44. The molecule has 14 heavy (non-hydrogen) atoms. The van der Waals surface area contributed by atoms with E-state index in [-0.39, 0.29) is 6.10 Å². The molecule has 0 spiro atoms. The highest BCUT2D eigenvalue weighted by molar-refractivity contribution is 5.23. The Bertz CT molecular complexity index is 256. The molecule has 78 valence electrons. The molecule has 2 N–H and O–H groups in total. The van der Waals surface area contributed by atoms with E-state index in [1.165, 1.54) is 11.1 Å². The van der Waals surface area contributed by atoms with Crippen LogP contribution in [0.25, 0.3) is 0 Å². The van der Waals surface area contributed by atoms with Crippen LogP contribution in [0, 0.1) is 6.92 Å². The lowest BCUT2D eigenvalue weighted by molar-refractivity contribution is 0.0556. The van der Waals surface area contributed by atoms with Gasteiger partial charge >= 0.3 is 0 Å². The normalized spacial score (nSPS) is 12.8. The van der Waals surface area contributed by atoms with Gasteiger partial charge in [0.15, 0.2) is 0 Å². The SMILES string of the molecule is CC[C@@H](OCCN)c1ccc(C)cc1. The van der Waals surface area contributed by atoms with E-state index in [4.69, 9.17) is 10.5 Å². The molecule has 0 bridgehead atoms. The van der Waals surface area contributed by atoms with Crippen molar-refractivity contribution in [1.29, 1.82) is 0 Å². The molecular weight excluding hydrogens is 174 g/mol. The van der Waals surface area contributed by atoms with Gasteiger partial charge in [0, 0.05) is 6.54 Å². The Morgan fingerprint density at radius 2 is 1.93 bits per heavy atom. The molecule has 1 atom stereocenters. The monoisotopic (exact) mass is 193 g/mol. The molecule has 0 aliphatic rings. The van der Waals surface area contributed by atoms with Crippen molar-refractivity contribution in [3.8, 4) is 0 Å². The van der Waals surface area contributed by atoms with Gasteiger partial charge in [0.2, 0.25) is 0 Å². The first-order chi connectivity index (χ1) is 6.77. The number of nitrogens with two attached hydrogens (primary N) is 1. The summed E-state index contributed by atoms with van der Waals surface area (Å²) in [6.07, 6.45) is 1.18. The lowest BCUT2D eigenvalue weighted by atomic mass is 10.1. The van der Waals surface area contributed by atoms with Crippen molar-refractivity contribution in [3.05, 3.63) is 35.4 Å². The third-order valence-electron chi connectivity index (χ3n) is 2.26. The maximum Gasteiger partial charge on any atom is 0.0822 e. The molecule has 0 fully saturated rings. The second-order valence-corrected chi connectivity index (χ2v) is 3.47. The molecule has 2 heteroatoms. The van der Waals surface area contributed by atoms with E-state index in [1.807, 2.05) is 0 Å². The van der Waals surface area contributed by atoms with Gasteiger partial charge in [-0.05, 0) is 18.9 Å². The minimum absolute atomic E-state index is 0.194. The largest absolute Gasteiger partial charge is 0.372 e. The zero-order valence-electron chi connectivity index (χ0n) is 8.99. The Kier molecular flexibility index (Phi) is 4.63. The van der Waals surface area contributed by atoms with E-state index >= 15 is 0 Å². The molecule has 1 rings (SSSR count). The first-order valence-electron chi connectivity index (χ1n) is 5.16. The van der Waals surface area contributed by atoms with Gasteiger partial charge in [-0.25, -0.2) is 0 Å². The van der Waals surface area contributed by atoms with Gasteiger partial charge < -0.3 is 10.5 Å². The van der Waals surface area contributed by atoms with Crippen molar-refractivity contribution < 1.29 is 4.74 Å². The standard InChI is InChI=1S/C12H19NO/c1-3-12(14-9-8-13)11-6-4-10(2)5-7-11/h4-7,12H,3,8-9,13H2,1-2H3/t12-/m1/s1. The van der Waals surface area contributed by atoms with Gasteiger partial charge in [-0.1, -0.05) is 36.8 Å². The van der Waals surface area contributed by atoms with Crippen molar-refractivity contribution in [2.45, 2.75) is 26.4 Å². The minimum Gasteiger partial charge on any atom is -0.372 e. The average Bonchev–Trinajstić information content (AvgIpc) is 2.21. The van der Waals surface area contributed by atoms with Gasteiger partial charge in [0.25, 0.3) is 0 Å². The summed E-state index contributed by atoms with van der Waals surface area (Å²) in [6.45, 7) is 5.43. The molecular formula is C12H19NO. The van der Waals surface area contributed by atoms with E-state index < -0.39 is 0 Å². The second kappa shape index (κ2) is 5.78. The van der Waals surface area contributed by atoms with Crippen molar-refractivity contribution in [1.82, 2.24) is 0 Å². The number of aryl methyl sites for hydroxylation is 1. The summed E-state index contributed by atoms with van der Waals surface area (Å²) in [6, 6.07) is 8.48. The zero-order valence-corrected chi connectivity index (χ0v) is 8.99. The molecule has 0 aliphatic heterocycles. The van der Waals surface area contributed by atoms with Gasteiger partial charge in [-0.15, -0.1) is 0 Å². The zero-order chi connectivity index (χ0) is 10.4. The van der Waals surface area contributed by atoms with E-state index in [9.17, 15) is 0 Å². The Hall–Kier alpha value is -0.860. The van der Waals surface area contributed by atoms with Gasteiger partial charge in [0.1, 0.15) is 0 Å². The van der Waals surface area contributed by atoms with Crippen molar-refractivity contribution in [2.24, 2.45) is 5.73 Å². The Morgan fingerprint density at radius 3 is 2.43 bits per heavy atom. The molecule has 2 nitrogen and oxygen atoms in total. The van der Waals surface area contributed by atoms with E-state index in [0.717, 1.165) is 6.42 Å². The van der Waals surface area contributed by atoms with Crippen LogP contribution in [0.4, 0.5) is 0 Å².